The Morgan fingerprint density at radius 3 is 3.14 bits per heavy atom. The normalized spacial score (nSPS) is 11.1. The molecule has 0 aliphatic rings. The number of hydrogen-bond acceptors (Lipinski definition) is 3. The Morgan fingerprint density at radius 1 is 1.64 bits per heavy atom. The highest BCUT2D eigenvalue weighted by atomic mass is 79.9. The summed E-state index contributed by atoms with van der Waals surface area (Å²) in [6, 6.07) is 1.73. The van der Waals surface area contributed by atoms with Gasteiger partial charge in [0.2, 0.25) is 0 Å². The van der Waals surface area contributed by atoms with Gasteiger partial charge in [0, 0.05) is 7.11 Å². The standard InChI is InChI=1S/C8H7BrClN3O/c1-14-4-5-2-7(10)13-8(12-5)6(9)3-11-13/h2-3H,4H2,1H3. The largest absolute Gasteiger partial charge is 0.378 e. The molecule has 0 saturated carbocycles. The van der Waals surface area contributed by atoms with Gasteiger partial charge in [0.25, 0.3) is 0 Å². The van der Waals surface area contributed by atoms with Gasteiger partial charge in [0.15, 0.2) is 5.65 Å². The van der Waals surface area contributed by atoms with Gasteiger partial charge in [-0.3, -0.25) is 0 Å². The number of methoxy groups -OCH3 is 1. The molecule has 0 spiro atoms. The Labute approximate surface area is 94.0 Å². The van der Waals surface area contributed by atoms with Crippen LogP contribution in [0.15, 0.2) is 16.7 Å². The summed E-state index contributed by atoms with van der Waals surface area (Å²) >= 11 is 9.34. The molecule has 0 radical (unpaired) electrons. The molecule has 74 valence electrons. The van der Waals surface area contributed by atoms with Crippen molar-refractivity contribution in [3.05, 3.63) is 27.6 Å². The SMILES string of the molecule is COCc1cc(Cl)n2ncc(Br)c2n1. The van der Waals surface area contributed by atoms with E-state index >= 15 is 0 Å². The zero-order valence-electron chi connectivity index (χ0n) is 7.37. The van der Waals surface area contributed by atoms with Crippen LogP contribution in [0.1, 0.15) is 5.69 Å². The van der Waals surface area contributed by atoms with Gasteiger partial charge in [-0.25, -0.2) is 9.50 Å². The van der Waals surface area contributed by atoms with Crippen LogP contribution in [0.4, 0.5) is 0 Å². The number of aromatic nitrogens is 3. The fourth-order valence-electron chi connectivity index (χ4n) is 1.17. The molecule has 4 nitrogen and oxygen atoms in total. The molecule has 2 aromatic rings. The van der Waals surface area contributed by atoms with Crippen LogP contribution in [0, 0.1) is 0 Å². The van der Waals surface area contributed by atoms with E-state index < -0.39 is 0 Å². The first-order chi connectivity index (χ1) is 6.72. The van der Waals surface area contributed by atoms with Crippen LogP contribution in [-0.2, 0) is 11.3 Å². The molecule has 0 unspecified atom stereocenters. The molecule has 2 heterocycles. The first-order valence-corrected chi connectivity index (χ1v) is 5.07. The fourth-order valence-corrected chi connectivity index (χ4v) is 1.77. The van der Waals surface area contributed by atoms with Crippen LogP contribution in [0.3, 0.4) is 0 Å². The van der Waals surface area contributed by atoms with Crippen molar-refractivity contribution in [3.8, 4) is 0 Å². The van der Waals surface area contributed by atoms with E-state index in [4.69, 9.17) is 16.3 Å². The van der Waals surface area contributed by atoms with Gasteiger partial charge >= 0.3 is 0 Å². The van der Waals surface area contributed by atoms with Crippen LogP contribution < -0.4 is 0 Å². The van der Waals surface area contributed by atoms with Crippen molar-refractivity contribution in [1.82, 2.24) is 14.6 Å². The summed E-state index contributed by atoms with van der Waals surface area (Å²) in [4.78, 5) is 4.33. The lowest BCUT2D eigenvalue weighted by Gasteiger charge is -2.01. The van der Waals surface area contributed by atoms with E-state index in [1.54, 1.807) is 23.9 Å². The van der Waals surface area contributed by atoms with E-state index in [1.807, 2.05) is 0 Å². The molecule has 0 amide bonds. The van der Waals surface area contributed by atoms with Crippen LogP contribution in [0.5, 0.6) is 0 Å². The molecule has 0 fully saturated rings. The third kappa shape index (κ3) is 1.63. The zero-order chi connectivity index (χ0) is 10.1. The molecule has 0 N–H and O–H groups in total. The molecule has 0 aromatic carbocycles. The second-order valence-corrected chi connectivity index (χ2v) is 3.97. The lowest BCUT2D eigenvalue weighted by molar-refractivity contribution is 0.181. The number of ether oxygens (including phenoxy) is 1. The smallest absolute Gasteiger partial charge is 0.171 e. The third-order valence-electron chi connectivity index (χ3n) is 1.73. The maximum atomic E-state index is 6.00. The molecule has 0 atom stereocenters. The van der Waals surface area contributed by atoms with Gasteiger partial charge in [0.1, 0.15) is 5.15 Å². The fraction of sp³-hybridized carbons (Fsp3) is 0.250. The van der Waals surface area contributed by atoms with Crippen LogP contribution in [0.2, 0.25) is 5.15 Å². The van der Waals surface area contributed by atoms with Crippen molar-refractivity contribution in [2.45, 2.75) is 6.61 Å². The van der Waals surface area contributed by atoms with Gasteiger partial charge in [-0.1, -0.05) is 11.6 Å². The van der Waals surface area contributed by atoms with Crippen molar-refractivity contribution in [2.24, 2.45) is 0 Å². The summed E-state index contributed by atoms with van der Waals surface area (Å²) in [7, 11) is 1.62. The molecule has 6 heteroatoms. The van der Waals surface area contributed by atoms with Crippen molar-refractivity contribution in [2.75, 3.05) is 7.11 Å². The molecule has 0 bridgehead atoms. The van der Waals surface area contributed by atoms with E-state index in [-0.39, 0.29) is 0 Å². The quantitative estimate of drug-likeness (QED) is 0.790. The molecule has 14 heavy (non-hydrogen) atoms. The molecular weight excluding hydrogens is 269 g/mol. The first kappa shape index (κ1) is 9.89. The van der Waals surface area contributed by atoms with Gasteiger partial charge in [-0.2, -0.15) is 5.10 Å². The van der Waals surface area contributed by atoms with Gasteiger partial charge in [0.05, 0.1) is 23.0 Å². The average molecular weight is 277 g/mol. The van der Waals surface area contributed by atoms with E-state index in [0.717, 1.165) is 10.2 Å². The number of nitrogens with zero attached hydrogens (tertiary/aromatic N) is 3. The maximum Gasteiger partial charge on any atom is 0.171 e. The van der Waals surface area contributed by atoms with Gasteiger partial charge in [-0.15, -0.1) is 0 Å². The minimum Gasteiger partial charge on any atom is -0.378 e. The number of rotatable bonds is 2. The summed E-state index contributed by atoms with van der Waals surface area (Å²) < 4.78 is 7.36. The average Bonchev–Trinajstić information content (AvgIpc) is 2.49. The second kappa shape index (κ2) is 3.84. The third-order valence-corrected chi connectivity index (χ3v) is 2.56. The topological polar surface area (TPSA) is 39.4 Å². The monoisotopic (exact) mass is 275 g/mol. The number of fused-ring (bicyclic) bond motifs is 1. The molecule has 2 rings (SSSR count). The Kier molecular flexibility index (Phi) is 2.71. The van der Waals surface area contributed by atoms with E-state index in [9.17, 15) is 0 Å². The lowest BCUT2D eigenvalue weighted by atomic mass is 10.4. The minimum atomic E-state index is 0.438. The Balaban J connectivity index is 2.63. The van der Waals surface area contributed by atoms with Crippen LogP contribution >= 0.6 is 27.5 Å². The number of halogens is 2. The summed E-state index contributed by atoms with van der Waals surface area (Å²) in [5.41, 5.74) is 1.48. The minimum absolute atomic E-state index is 0.438. The molecule has 0 aliphatic heterocycles. The highest BCUT2D eigenvalue weighted by Crippen LogP contribution is 2.20. The Hall–Kier alpha value is -0.650. The Bertz CT molecular complexity index is 471. The van der Waals surface area contributed by atoms with Crippen molar-refractivity contribution >= 4 is 33.2 Å². The molecule has 2 aromatic heterocycles. The van der Waals surface area contributed by atoms with Crippen molar-refractivity contribution < 1.29 is 4.74 Å². The predicted octanol–water partition coefficient (Wildman–Crippen LogP) is 2.29. The van der Waals surface area contributed by atoms with E-state index in [1.165, 1.54) is 0 Å². The van der Waals surface area contributed by atoms with Crippen molar-refractivity contribution in [1.29, 1.82) is 0 Å². The second-order valence-electron chi connectivity index (χ2n) is 2.73. The van der Waals surface area contributed by atoms with Crippen LogP contribution in [0.25, 0.3) is 5.65 Å². The Morgan fingerprint density at radius 2 is 2.43 bits per heavy atom. The lowest BCUT2D eigenvalue weighted by Crippen LogP contribution is -1.98. The van der Waals surface area contributed by atoms with Crippen molar-refractivity contribution in [3.63, 3.8) is 0 Å². The summed E-state index contributed by atoms with van der Waals surface area (Å²) in [6.07, 6.45) is 1.66. The number of hydrogen-bond donors (Lipinski definition) is 0. The summed E-state index contributed by atoms with van der Waals surface area (Å²) in [6.45, 7) is 0.438. The predicted molar refractivity (Wildman–Crippen MR) is 56.4 cm³/mol. The zero-order valence-corrected chi connectivity index (χ0v) is 9.71. The molecule has 0 aliphatic carbocycles. The van der Waals surface area contributed by atoms with Gasteiger partial charge < -0.3 is 4.74 Å². The molecular formula is C8H7BrClN3O. The summed E-state index contributed by atoms with van der Waals surface area (Å²) in [5.74, 6) is 0. The van der Waals surface area contributed by atoms with Crippen LogP contribution in [-0.4, -0.2) is 21.7 Å². The maximum absolute atomic E-state index is 6.00. The first-order valence-electron chi connectivity index (χ1n) is 3.90. The molecule has 0 saturated heterocycles. The van der Waals surface area contributed by atoms with Gasteiger partial charge in [-0.05, 0) is 22.0 Å². The highest BCUT2D eigenvalue weighted by Gasteiger charge is 2.07. The van der Waals surface area contributed by atoms with E-state index in [2.05, 4.69) is 26.0 Å². The summed E-state index contributed by atoms with van der Waals surface area (Å²) in [5, 5.41) is 4.57. The van der Waals surface area contributed by atoms with E-state index in [0.29, 0.717) is 17.4 Å². The highest BCUT2D eigenvalue weighted by molar-refractivity contribution is 9.10.